The zero-order valence-corrected chi connectivity index (χ0v) is 10.2. The van der Waals surface area contributed by atoms with Crippen molar-refractivity contribution in [3.63, 3.8) is 0 Å². The van der Waals surface area contributed by atoms with Crippen LogP contribution in [0.4, 0.5) is 22.0 Å². The highest BCUT2D eigenvalue weighted by atomic mass is 19.2. The number of esters is 1. The number of carbonyl (C=O) groups excluding carboxylic acids is 1. The van der Waals surface area contributed by atoms with E-state index in [-0.39, 0.29) is 12.2 Å². The Balaban J connectivity index is 2.95. The molecule has 0 heterocycles. The maximum absolute atomic E-state index is 13.2. The van der Waals surface area contributed by atoms with Crippen LogP contribution in [0, 0.1) is 29.1 Å². The Hall–Kier alpha value is -2.12. The number of carbonyl (C=O) groups is 1. The molecule has 0 aromatic heterocycles. The van der Waals surface area contributed by atoms with Crippen LogP contribution < -0.4 is 4.74 Å². The molecule has 1 rings (SSSR count). The molecule has 3 nitrogen and oxygen atoms in total. The maximum Gasteiger partial charge on any atom is 0.336 e. The maximum atomic E-state index is 13.2. The average molecular weight is 296 g/mol. The van der Waals surface area contributed by atoms with Crippen molar-refractivity contribution in [2.24, 2.45) is 0 Å². The molecule has 0 bridgehead atoms. The van der Waals surface area contributed by atoms with Crippen LogP contribution in [0.15, 0.2) is 12.2 Å². The van der Waals surface area contributed by atoms with Crippen molar-refractivity contribution >= 4 is 5.97 Å². The number of hydrogen-bond donors (Lipinski definition) is 0. The van der Waals surface area contributed by atoms with Gasteiger partial charge in [-0.1, -0.05) is 6.58 Å². The summed E-state index contributed by atoms with van der Waals surface area (Å²) in [5.74, 6) is -13.2. The van der Waals surface area contributed by atoms with Crippen LogP contribution in [0.3, 0.4) is 0 Å². The van der Waals surface area contributed by atoms with Gasteiger partial charge in [0, 0.05) is 0 Å². The first-order valence-electron chi connectivity index (χ1n) is 5.30. The van der Waals surface area contributed by atoms with Gasteiger partial charge in [0.1, 0.15) is 6.61 Å². The Morgan fingerprint density at radius 3 is 1.90 bits per heavy atom. The fraction of sp³-hybridized carbons (Fsp3) is 0.250. The van der Waals surface area contributed by atoms with Crippen molar-refractivity contribution in [1.82, 2.24) is 0 Å². The minimum atomic E-state index is -2.29. The van der Waals surface area contributed by atoms with Gasteiger partial charge in [0.15, 0.2) is 5.75 Å². The molecule has 0 atom stereocenters. The van der Waals surface area contributed by atoms with Crippen LogP contribution in [-0.2, 0) is 9.53 Å². The molecule has 0 radical (unpaired) electrons. The standard InChI is InChI=1S/C12H9F5O3/c1-3-19-12(18)5(2)4-20-11-9(16)7(14)6(13)8(15)10(11)17/h2-4H2,1H3. The summed E-state index contributed by atoms with van der Waals surface area (Å²) in [7, 11) is 0. The van der Waals surface area contributed by atoms with Crippen molar-refractivity contribution in [3.8, 4) is 5.75 Å². The van der Waals surface area contributed by atoms with Crippen molar-refractivity contribution in [2.45, 2.75) is 6.92 Å². The van der Waals surface area contributed by atoms with E-state index < -0.39 is 47.4 Å². The van der Waals surface area contributed by atoms with Crippen molar-refractivity contribution in [3.05, 3.63) is 41.2 Å². The van der Waals surface area contributed by atoms with Gasteiger partial charge in [-0.15, -0.1) is 0 Å². The summed E-state index contributed by atoms with van der Waals surface area (Å²) in [6, 6.07) is 0. The van der Waals surface area contributed by atoms with E-state index in [0.717, 1.165) is 0 Å². The van der Waals surface area contributed by atoms with Gasteiger partial charge in [-0.3, -0.25) is 0 Å². The Labute approximate surface area is 110 Å². The van der Waals surface area contributed by atoms with E-state index in [2.05, 4.69) is 16.1 Å². The van der Waals surface area contributed by atoms with Crippen LogP contribution in [0.5, 0.6) is 5.75 Å². The number of ether oxygens (including phenoxy) is 2. The summed E-state index contributed by atoms with van der Waals surface area (Å²) in [5.41, 5.74) is -0.337. The zero-order chi connectivity index (χ0) is 15.4. The molecule has 1 aromatic rings. The summed E-state index contributed by atoms with van der Waals surface area (Å²) < 4.78 is 73.8. The molecular formula is C12H9F5O3. The van der Waals surface area contributed by atoms with E-state index in [0.29, 0.717) is 0 Å². The molecule has 110 valence electrons. The first-order chi connectivity index (χ1) is 9.31. The normalized spacial score (nSPS) is 10.3. The Bertz CT molecular complexity index is 528. The second-order valence-corrected chi connectivity index (χ2v) is 3.51. The molecule has 20 heavy (non-hydrogen) atoms. The van der Waals surface area contributed by atoms with Gasteiger partial charge in [-0.25, -0.2) is 18.0 Å². The number of benzene rings is 1. The quantitative estimate of drug-likeness (QED) is 0.275. The van der Waals surface area contributed by atoms with Crippen molar-refractivity contribution < 1.29 is 36.2 Å². The van der Waals surface area contributed by atoms with Crippen molar-refractivity contribution in [2.75, 3.05) is 13.2 Å². The van der Waals surface area contributed by atoms with Gasteiger partial charge in [0.25, 0.3) is 0 Å². The number of rotatable bonds is 5. The van der Waals surface area contributed by atoms with E-state index >= 15 is 0 Å². The summed E-state index contributed by atoms with van der Waals surface area (Å²) >= 11 is 0. The van der Waals surface area contributed by atoms with Gasteiger partial charge in [-0.05, 0) is 6.92 Å². The van der Waals surface area contributed by atoms with Gasteiger partial charge < -0.3 is 9.47 Å². The third-order valence-corrected chi connectivity index (χ3v) is 2.12. The average Bonchev–Trinajstić information content (AvgIpc) is 2.43. The fourth-order valence-electron chi connectivity index (χ4n) is 1.16. The van der Waals surface area contributed by atoms with E-state index in [9.17, 15) is 26.7 Å². The van der Waals surface area contributed by atoms with Crippen LogP contribution in [-0.4, -0.2) is 19.2 Å². The van der Waals surface area contributed by atoms with Crippen LogP contribution in [0.25, 0.3) is 0 Å². The predicted molar refractivity (Wildman–Crippen MR) is 57.5 cm³/mol. The van der Waals surface area contributed by atoms with E-state index in [1.54, 1.807) is 0 Å². The smallest absolute Gasteiger partial charge is 0.336 e. The molecule has 8 heteroatoms. The molecule has 0 aliphatic heterocycles. The fourth-order valence-corrected chi connectivity index (χ4v) is 1.16. The summed E-state index contributed by atoms with van der Waals surface area (Å²) in [4.78, 5) is 11.1. The van der Waals surface area contributed by atoms with Crippen LogP contribution in [0.2, 0.25) is 0 Å². The van der Waals surface area contributed by atoms with E-state index in [4.69, 9.17) is 0 Å². The lowest BCUT2D eigenvalue weighted by molar-refractivity contribution is -0.138. The zero-order valence-electron chi connectivity index (χ0n) is 10.2. The molecule has 0 unspecified atom stereocenters. The first kappa shape index (κ1) is 15.9. The lowest BCUT2D eigenvalue weighted by Gasteiger charge is -2.11. The molecule has 0 saturated heterocycles. The second kappa shape index (κ2) is 6.36. The molecule has 0 spiro atoms. The van der Waals surface area contributed by atoms with Crippen LogP contribution in [0.1, 0.15) is 6.92 Å². The summed E-state index contributed by atoms with van der Waals surface area (Å²) in [5, 5.41) is 0. The Morgan fingerprint density at radius 2 is 1.45 bits per heavy atom. The summed E-state index contributed by atoms with van der Waals surface area (Å²) in [6.07, 6.45) is 0. The highest BCUT2D eigenvalue weighted by molar-refractivity contribution is 5.88. The monoisotopic (exact) mass is 296 g/mol. The molecule has 0 saturated carbocycles. The molecule has 0 N–H and O–H groups in total. The lowest BCUT2D eigenvalue weighted by Crippen LogP contribution is -2.15. The van der Waals surface area contributed by atoms with Crippen LogP contribution >= 0.6 is 0 Å². The Kier molecular flexibility index (Phi) is 5.06. The third kappa shape index (κ3) is 3.06. The molecule has 0 fully saturated rings. The Morgan fingerprint density at radius 1 is 1.00 bits per heavy atom. The van der Waals surface area contributed by atoms with Crippen molar-refractivity contribution in [1.29, 1.82) is 0 Å². The number of hydrogen-bond acceptors (Lipinski definition) is 3. The largest absolute Gasteiger partial charge is 0.482 e. The predicted octanol–water partition coefficient (Wildman–Crippen LogP) is 2.88. The topological polar surface area (TPSA) is 35.5 Å². The van der Waals surface area contributed by atoms with Gasteiger partial charge in [-0.2, -0.15) is 8.78 Å². The third-order valence-electron chi connectivity index (χ3n) is 2.12. The highest BCUT2D eigenvalue weighted by Gasteiger charge is 2.27. The molecule has 0 aliphatic rings. The molecule has 0 amide bonds. The molecule has 1 aromatic carbocycles. The van der Waals surface area contributed by atoms with E-state index in [1.807, 2.05) is 0 Å². The van der Waals surface area contributed by atoms with Gasteiger partial charge in [0.2, 0.25) is 29.1 Å². The first-order valence-corrected chi connectivity index (χ1v) is 5.30. The SMILES string of the molecule is C=C(COc1c(F)c(F)c(F)c(F)c1F)C(=O)OCC. The summed E-state index contributed by atoms with van der Waals surface area (Å²) in [6.45, 7) is 3.96. The highest BCUT2D eigenvalue weighted by Crippen LogP contribution is 2.29. The number of halogens is 5. The molecular weight excluding hydrogens is 287 g/mol. The van der Waals surface area contributed by atoms with Gasteiger partial charge >= 0.3 is 5.97 Å². The minimum absolute atomic E-state index is 0.0282. The second-order valence-electron chi connectivity index (χ2n) is 3.51. The lowest BCUT2D eigenvalue weighted by atomic mass is 10.2. The molecule has 0 aliphatic carbocycles. The minimum Gasteiger partial charge on any atom is -0.482 e. The van der Waals surface area contributed by atoms with E-state index in [1.165, 1.54) is 6.92 Å². The van der Waals surface area contributed by atoms with Gasteiger partial charge in [0.05, 0.1) is 12.2 Å².